The molecule has 0 atom stereocenters. The summed E-state index contributed by atoms with van der Waals surface area (Å²) in [5.41, 5.74) is 6.65. The summed E-state index contributed by atoms with van der Waals surface area (Å²) in [5.74, 6) is 0.439. The summed E-state index contributed by atoms with van der Waals surface area (Å²) in [6.07, 6.45) is 3.53. The summed E-state index contributed by atoms with van der Waals surface area (Å²) >= 11 is 6.74. The lowest BCUT2D eigenvalue weighted by molar-refractivity contribution is 0.313. The number of pyridine rings is 2. The zero-order valence-electron chi connectivity index (χ0n) is 23.4. The van der Waals surface area contributed by atoms with Crippen LogP contribution in [0.2, 0.25) is 5.02 Å². The monoisotopic (exact) mass is 565 g/mol. The van der Waals surface area contributed by atoms with Crippen molar-refractivity contribution in [3.63, 3.8) is 0 Å². The Bertz CT molecular complexity index is 1780. The van der Waals surface area contributed by atoms with Crippen molar-refractivity contribution >= 4 is 40.0 Å². The average Bonchev–Trinajstić information content (AvgIpc) is 2.98. The van der Waals surface area contributed by atoms with Gasteiger partial charge in [-0.1, -0.05) is 23.7 Å². The third-order valence-electron chi connectivity index (χ3n) is 7.62. The molecule has 9 heteroatoms. The Morgan fingerprint density at radius 1 is 0.902 bits per heavy atom. The van der Waals surface area contributed by atoms with Crippen LogP contribution in [0.3, 0.4) is 0 Å². The maximum atomic E-state index is 13.7. The molecule has 0 amide bonds. The SMILES string of the molecule is CCn1c(=O)c(-c2ccc(-c3ccnc(C)c3)cc2Cl)cc2cnc(Nc3ccc(N4CCN(C)CC4)cc3)nc21. The molecule has 0 saturated carbocycles. The zero-order valence-corrected chi connectivity index (χ0v) is 24.2. The number of aromatic nitrogens is 4. The number of likely N-dealkylation sites (N-methyl/N-ethyl adjacent to an activating group) is 1. The van der Waals surface area contributed by atoms with Crippen LogP contribution in [-0.2, 0) is 6.54 Å². The lowest BCUT2D eigenvalue weighted by atomic mass is 10.0. The summed E-state index contributed by atoms with van der Waals surface area (Å²) in [6.45, 7) is 8.53. The van der Waals surface area contributed by atoms with E-state index in [1.165, 1.54) is 5.69 Å². The number of benzene rings is 2. The van der Waals surface area contributed by atoms with Crippen LogP contribution in [0.1, 0.15) is 12.6 Å². The molecule has 1 aliphatic rings. The van der Waals surface area contributed by atoms with Crippen molar-refractivity contribution in [2.45, 2.75) is 20.4 Å². The standard InChI is InChI=1S/C32H32ClN7O/c1-4-40-30-24(18-28(31(40)41)27-10-5-22(19-29(27)33)23-11-12-34-21(2)17-23)20-35-32(37-30)36-25-6-8-26(9-7-25)39-15-13-38(3)14-16-39/h5-12,17-20H,4,13-16H2,1-3H3,(H,35,36,37). The predicted molar refractivity (Wildman–Crippen MR) is 167 cm³/mol. The van der Waals surface area contributed by atoms with Gasteiger partial charge in [0, 0.05) is 83.7 Å². The number of anilines is 3. The molecule has 0 radical (unpaired) electrons. The van der Waals surface area contributed by atoms with E-state index in [-0.39, 0.29) is 5.56 Å². The van der Waals surface area contributed by atoms with Crippen LogP contribution in [0.25, 0.3) is 33.3 Å². The van der Waals surface area contributed by atoms with Gasteiger partial charge in [0.2, 0.25) is 5.95 Å². The highest BCUT2D eigenvalue weighted by Crippen LogP contribution is 2.32. The van der Waals surface area contributed by atoms with Crippen molar-refractivity contribution in [3.05, 3.63) is 94.1 Å². The zero-order chi connectivity index (χ0) is 28.5. The summed E-state index contributed by atoms with van der Waals surface area (Å²) in [5, 5.41) is 4.57. The van der Waals surface area contributed by atoms with E-state index >= 15 is 0 Å². The number of fused-ring (bicyclic) bond motifs is 1. The molecule has 208 valence electrons. The van der Waals surface area contributed by atoms with Crippen molar-refractivity contribution < 1.29 is 0 Å². The van der Waals surface area contributed by atoms with Gasteiger partial charge >= 0.3 is 0 Å². The van der Waals surface area contributed by atoms with Crippen molar-refractivity contribution in [1.29, 1.82) is 0 Å². The molecule has 5 aromatic rings. The number of aryl methyl sites for hydroxylation is 2. The first-order valence-corrected chi connectivity index (χ1v) is 14.2. The first kappa shape index (κ1) is 26.9. The third-order valence-corrected chi connectivity index (χ3v) is 7.94. The van der Waals surface area contributed by atoms with Crippen molar-refractivity contribution in [1.82, 2.24) is 24.4 Å². The Labute approximate surface area is 244 Å². The normalized spacial score (nSPS) is 14.0. The lowest BCUT2D eigenvalue weighted by Gasteiger charge is -2.34. The van der Waals surface area contributed by atoms with Crippen molar-refractivity contribution in [2.75, 3.05) is 43.4 Å². The number of hydrogen-bond donors (Lipinski definition) is 1. The Hall–Kier alpha value is -4.27. The van der Waals surface area contributed by atoms with E-state index in [0.717, 1.165) is 54.1 Å². The summed E-state index contributed by atoms with van der Waals surface area (Å²) in [4.78, 5) is 31.9. The van der Waals surface area contributed by atoms with E-state index in [9.17, 15) is 4.79 Å². The van der Waals surface area contributed by atoms with Gasteiger partial charge in [0.15, 0.2) is 0 Å². The number of rotatable bonds is 6. The Morgan fingerprint density at radius 3 is 2.37 bits per heavy atom. The van der Waals surface area contributed by atoms with E-state index in [0.29, 0.717) is 34.3 Å². The van der Waals surface area contributed by atoms with Crippen LogP contribution < -0.4 is 15.8 Å². The van der Waals surface area contributed by atoms with Crippen LogP contribution in [0.5, 0.6) is 0 Å². The second kappa shape index (κ2) is 11.3. The highest BCUT2D eigenvalue weighted by atomic mass is 35.5. The number of halogens is 1. The van der Waals surface area contributed by atoms with Crippen LogP contribution in [0.15, 0.2) is 77.9 Å². The van der Waals surface area contributed by atoms with E-state index < -0.39 is 0 Å². The molecule has 4 heterocycles. The molecule has 2 aromatic carbocycles. The molecule has 0 unspecified atom stereocenters. The fourth-order valence-electron chi connectivity index (χ4n) is 5.29. The molecule has 0 aliphatic carbocycles. The molecule has 1 saturated heterocycles. The number of piperazine rings is 1. The summed E-state index contributed by atoms with van der Waals surface area (Å²) < 4.78 is 1.67. The smallest absolute Gasteiger partial charge is 0.260 e. The fraction of sp³-hybridized carbons (Fsp3) is 0.250. The number of nitrogens with one attached hydrogen (secondary N) is 1. The minimum Gasteiger partial charge on any atom is -0.369 e. The first-order chi connectivity index (χ1) is 19.9. The molecule has 0 bridgehead atoms. The molecule has 0 spiro atoms. The molecule has 6 rings (SSSR count). The molecule has 41 heavy (non-hydrogen) atoms. The van der Waals surface area contributed by atoms with Crippen LogP contribution in [-0.4, -0.2) is 57.6 Å². The number of nitrogens with zero attached hydrogens (tertiary/aromatic N) is 6. The van der Waals surface area contributed by atoms with Crippen LogP contribution in [0.4, 0.5) is 17.3 Å². The number of hydrogen-bond acceptors (Lipinski definition) is 7. The Balaban J connectivity index is 1.28. The van der Waals surface area contributed by atoms with E-state index in [1.54, 1.807) is 17.0 Å². The summed E-state index contributed by atoms with van der Waals surface area (Å²) in [7, 11) is 2.16. The minimum atomic E-state index is -0.143. The Kier molecular flexibility index (Phi) is 7.43. The van der Waals surface area contributed by atoms with Gasteiger partial charge in [0.1, 0.15) is 5.65 Å². The topological polar surface area (TPSA) is 79.2 Å². The van der Waals surface area contributed by atoms with Gasteiger partial charge in [-0.2, -0.15) is 4.98 Å². The molecular formula is C32H32ClN7O. The van der Waals surface area contributed by atoms with Crippen LogP contribution >= 0.6 is 11.6 Å². The van der Waals surface area contributed by atoms with Gasteiger partial charge in [-0.05, 0) is 80.6 Å². The van der Waals surface area contributed by atoms with Gasteiger partial charge in [0.25, 0.3) is 5.56 Å². The van der Waals surface area contributed by atoms with Crippen molar-refractivity contribution in [2.24, 2.45) is 0 Å². The fourth-order valence-corrected chi connectivity index (χ4v) is 5.58. The van der Waals surface area contributed by atoms with E-state index in [4.69, 9.17) is 16.6 Å². The molecular weight excluding hydrogens is 534 g/mol. The maximum absolute atomic E-state index is 13.7. The minimum absolute atomic E-state index is 0.143. The van der Waals surface area contributed by atoms with Crippen molar-refractivity contribution in [3.8, 4) is 22.3 Å². The van der Waals surface area contributed by atoms with Gasteiger partial charge < -0.3 is 15.1 Å². The molecule has 1 aliphatic heterocycles. The third kappa shape index (κ3) is 5.53. The molecule has 1 N–H and O–H groups in total. The van der Waals surface area contributed by atoms with Gasteiger partial charge in [-0.15, -0.1) is 0 Å². The molecule has 1 fully saturated rings. The quantitative estimate of drug-likeness (QED) is 0.270. The van der Waals surface area contributed by atoms with E-state index in [1.807, 2.05) is 62.4 Å². The molecule has 3 aromatic heterocycles. The van der Waals surface area contributed by atoms with Gasteiger partial charge in [0.05, 0.1) is 0 Å². The highest BCUT2D eigenvalue weighted by molar-refractivity contribution is 6.33. The lowest BCUT2D eigenvalue weighted by Crippen LogP contribution is -2.44. The maximum Gasteiger partial charge on any atom is 0.260 e. The van der Waals surface area contributed by atoms with E-state index in [2.05, 4.69) is 44.3 Å². The second-order valence-corrected chi connectivity index (χ2v) is 10.8. The van der Waals surface area contributed by atoms with Crippen LogP contribution in [0, 0.1) is 6.92 Å². The predicted octanol–water partition coefficient (Wildman–Crippen LogP) is 6.00. The average molecular weight is 566 g/mol. The first-order valence-electron chi connectivity index (χ1n) is 13.8. The highest BCUT2D eigenvalue weighted by Gasteiger charge is 2.17. The molecule has 8 nitrogen and oxygen atoms in total. The van der Waals surface area contributed by atoms with Gasteiger partial charge in [-0.25, -0.2) is 4.98 Å². The largest absolute Gasteiger partial charge is 0.369 e. The summed E-state index contributed by atoms with van der Waals surface area (Å²) in [6, 6.07) is 19.9. The van der Waals surface area contributed by atoms with Gasteiger partial charge in [-0.3, -0.25) is 14.3 Å². The Morgan fingerprint density at radius 2 is 1.66 bits per heavy atom. The second-order valence-electron chi connectivity index (χ2n) is 10.4.